The molecular weight excluding hydrogens is 236 g/mol. The first-order chi connectivity index (χ1) is 9.09. The summed E-state index contributed by atoms with van der Waals surface area (Å²) in [7, 11) is 0. The number of rotatable bonds is 4. The lowest BCUT2D eigenvalue weighted by molar-refractivity contribution is -0.129. The molecule has 0 heterocycles. The molecule has 19 heavy (non-hydrogen) atoms. The Morgan fingerprint density at radius 2 is 1.79 bits per heavy atom. The number of benzene rings is 1. The topological polar surface area (TPSA) is 37.3 Å². The van der Waals surface area contributed by atoms with Crippen molar-refractivity contribution < 1.29 is 9.90 Å². The van der Waals surface area contributed by atoms with Gasteiger partial charge in [-0.15, -0.1) is 0 Å². The van der Waals surface area contributed by atoms with Crippen LogP contribution in [-0.2, 0) is 11.2 Å². The number of Topliss-reactive ketones (excluding diaryl/α,β-unsaturated/α-hetero) is 1. The first-order valence-corrected chi connectivity index (χ1v) is 7.35. The lowest BCUT2D eigenvalue weighted by Gasteiger charge is -2.26. The standard InChI is InChI=1S/C17H24O2/c1-12-7-6-8-13(2)15(12)11-16(18)17(19)14-9-4-3-5-10-14/h6-8,14,17,19H,3-5,9-11H2,1-2H3. The van der Waals surface area contributed by atoms with E-state index in [1.807, 2.05) is 32.0 Å². The molecule has 1 atom stereocenters. The zero-order valence-corrected chi connectivity index (χ0v) is 12.0. The van der Waals surface area contributed by atoms with Crippen LogP contribution in [0.2, 0.25) is 0 Å². The van der Waals surface area contributed by atoms with E-state index in [4.69, 9.17) is 0 Å². The molecule has 1 aromatic rings. The Morgan fingerprint density at radius 3 is 2.37 bits per heavy atom. The van der Waals surface area contributed by atoms with Gasteiger partial charge in [-0.3, -0.25) is 4.79 Å². The summed E-state index contributed by atoms with van der Waals surface area (Å²) in [5.74, 6) is 0.176. The van der Waals surface area contributed by atoms with Crippen molar-refractivity contribution in [2.75, 3.05) is 0 Å². The Labute approximate surface area is 115 Å². The molecular formula is C17H24O2. The summed E-state index contributed by atoms with van der Waals surface area (Å²) in [5.41, 5.74) is 3.37. The molecule has 1 fully saturated rings. The number of hydrogen-bond acceptors (Lipinski definition) is 2. The van der Waals surface area contributed by atoms with Crippen molar-refractivity contribution in [1.82, 2.24) is 0 Å². The first-order valence-electron chi connectivity index (χ1n) is 7.35. The highest BCUT2D eigenvalue weighted by Gasteiger charge is 2.27. The fraction of sp³-hybridized carbons (Fsp3) is 0.588. The van der Waals surface area contributed by atoms with E-state index in [0.717, 1.165) is 42.4 Å². The molecule has 0 aromatic heterocycles. The van der Waals surface area contributed by atoms with Crippen LogP contribution in [-0.4, -0.2) is 17.0 Å². The second-order valence-corrected chi connectivity index (χ2v) is 5.86. The predicted molar refractivity (Wildman–Crippen MR) is 77.2 cm³/mol. The summed E-state index contributed by atoms with van der Waals surface area (Å²) in [5, 5.41) is 10.2. The Bertz CT molecular complexity index is 424. The molecule has 0 radical (unpaired) electrons. The molecule has 1 aromatic carbocycles. The monoisotopic (exact) mass is 260 g/mol. The van der Waals surface area contributed by atoms with Crippen molar-refractivity contribution in [3.63, 3.8) is 0 Å². The molecule has 2 heteroatoms. The van der Waals surface area contributed by atoms with Crippen LogP contribution < -0.4 is 0 Å². The fourth-order valence-corrected chi connectivity index (χ4v) is 3.12. The van der Waals surface area contributed by atoms with Gasteiger partial charge in [-0.2, -0.15) is 0 Å². The lowest BCUT2D eigenvalue weighted by atomic mass is 9.82. The molecule has 0 spiro atoms. The Balaban J connectivity index is 2.04. The van der Waals surface area contributed by atoms with E-state index in [2.05, 4.69) is 0 Å². The van der Waals surface area contributed by atoms with E-state index in [0.29, 0.717) is 6.42 Å². The van der Waals surface area contributed by atoms with Crippen molar-refractivity contribution in [3.05, 3.63) is 34.9 Å². The van der Waals surface area contributed by atoms with Gasteiger partial charge in [-0.25, -0.2) is 0 Å². The van der Waals surface area contributed by atoms with E-state index in [1.54, 1.807) is 0 Å². The van der Waals surface area contributed by atoms with Gasteiger partial charge in [0.05, 0.1) is 0 Å². The number of aliphatic hydroxyl groups excluding tert-OH is 1. The quantitative estimate of drug-likeness (QED) is 0.901. The zero-order valence-electron chi connectivity index (χ0n) is 12.0. The minimum atomic E-state index is -0.765. The first kappa shape index (κ1) is 14.3. The van der Waals surface area contributed by atoms with Crippen LogP contribution in [0.3, 0.4) is 0 Å². The van der Waals surface area contributed by atoms with Gasteiger partial charge < -0.3 is 5.11 Å². The van der Waals surface area contributed by atoms with Crippen molar-refractivity contribution in [3.8, 4) is 0 Å². The van der Waals surface area contributed by atoms with E-state index < -0.39 is 6.10 Å². The minimum absolute atomic E-state index is 0.00991. The predicted octanol–water partition coefficient (Wildman–Crippen LogP) is 3.36. The number of hydrogen-bond donors (Lipinski definition) is 1. The summed E-state index contributed by atoms with van der Waals surface area (Å²) >= 11 is 0. The van der Waals surface area contributed by atoms with E-state index in [-0.39, 0.29) is 11.7 Å². The highest BCUT2D eigenvalue weighted by atomic mass is 16.3. The van der Waals surface area contributed by atoms with Gasteiger partial charge in [0.2, 0.25) is 0 Å². The molecule has 104 valence electrons. The van der Waals surface area contributed by atoms with Crippen molar-refractivity contribution in [2.45, 2.75) is 58.5 Å². The highest BCUT2D eigenvalue weighted by molar-refractivity contribution is 5.85. The van der Waals surface area contributed by atoms with Gasteiger partial charge in [0.1, 0.15) is 6.10 Å². The molecule has 2 nitrogen and oxygen atoms in total. The Kier molecular flexibility index (Phi) is 4.76. The third-order valence-electron chi connectivity index (χ3n) is 4.42. The second-order valence-electron chi connectivity index (χ2n) is 5.86. The van der Waals surface area contributed by atoms with Crippen LogP contribution in [0.15, 0.2) is 18.2 Å². The summed E-state index contributed by atoms with van der Waals surface area (Å²) < 4.78 is 0. The van der Waals surface area contributed by atoms with Crippen molar-refractivity contribution in [2.24, 2.45) is 5.92 Å². The fourth-order valence-electron chi connectivity index (χ4n) is 3.12. The molecule has 0 bridgehead atoms. The number of ketones is 1. The summed E-state index contributed by atoms with van der Waals surface area (Å²) in [6, 6.07) is 6.07. The Morgan fingerprint density at radius 1 is 1.21 bits per heavy atom. The molecule has 1 aliphatic carbocycles. The third kappa shape index (κ3) is 3.44. The van der Waals surface area contributed by atoms with Crippen molar-refractivity contribution in [1.29, 1.82) is 0 Å². The number of carbonyl (C=O) groups is 1. The largest absolute Gasteiger partial charge is 0.385 e. The maximum absolute atomic E-state index is 12.3. The summed E-state index contributed by atoms with van der Waals surface area (Å²) in [6.45, 7) is 4.06. The molecule has 1 aliphatic rings. The number of carbonyl (C=O) groups excluding carboxylic acids is 1. The van der Waals surface area contributed by atoms with Crippen LogP contribution in [0.5, 0.6) is 0 Å². The average molecular weight is 260 g/mol. The van der Waals surface area contributed by atoms with E-state index in [1.165, 1.54) is 6.42 Å². The smallest absolute Gasteiger partial charge is 0.165 e. The molecule has 2 rings (SSSR count). The number of aliphatic hydroxyl groups is 1. The summed E-state index contributed by atoms with van der Waals surface area (Å²) in [6.07, 6.45) is 5.15. The minimum Gasteiger partial charge on any atom is -0.385 e. The van der Waals surface area contributed by atoms with Gasteiger partial charge in [0, 0.05) is 6.42 Å². The lowest BCUT2D eigenvalue weighted by Crippen LogP contribution is -2.32. The van der Waals surface area contributed by atoms with Crippen LogP contribution in [0.25, 0.3) is 0 Å². The summed E-state index contributed by atoms with van der Waals surface area (Å²) in [4.78, 5) is 12.3. The maximum atomic E-state index is 12.3. The molecule has 1 unspecified atom stereocenters. The molecule has 0 saturated heterocycles. The normalized spacial score (nSPS) is 18.3. The van der Waals surface area contributed by atoms with Gasteiger partial charge in [-0.1, -0.05) is 37.5 Å². The molecule has 1 N–H and O–H groups in total. The van der Waals surface area contributed by atoms with Gasteiger partial charge >= 0.3 is 0 Å². The average Bonchev–Trinajstić information content (AvgIpc) is 2.43. The van der Waals surface area contributed by atoms with Gasteiger partial charge in [0.15, 0.2) is 5.78 Å². The SMILES string of the molecule is Cc1cccc(C)c1CC(=O)C(O)C1CCCCC1. The highest BCUT2D eigenvalue weighted by Crippen LogP contribution is 2.27. The van der Waals surface area contributed by atoms with Crippen LogP contribution in [0, 0.1) is 19.8 Å². The Hall–Kier alpha value is -1.15. The molecule has 0 aliphatic heterocycles. The number of aryl methyl sites for hydroxylation is 2. The van der Waals surface area contributed by atoms with Gasteiger partial charge in [-0.05, 0) is 49.3 Å². The van der Waals surface area contributed by atoms with Crippen LogP contribution in [0.1, 0.15) is 48.8 Å². The zero-order chi connectivity index (χ0) is 13.8. The van der Waals surface area contributed by atoms with Crippen LogP contribution in [0.4, 0.5) is 0 Å². The second kappa shape index (κ2) is 6.33. The molecule has 0 amide bonds. The van der Waals surface area contributed by atoms with Crippen molar-refractivity contribution >= 4 is 5.78 Å². The van der Waals surface area contributed by atoms with Crippen LogP contribution >= 0.6 is 0 Å². The van der Waals surface area contributed by atoms with E-state index in [9.17, 15) is 9.90 Å². The third-order valence-corrected chi connectivity index (χ3v) is 4.42. The van der Waals surface area contributed by atoms with E-state index >= 15 is 0 Å². The molecule has 1 saturated carbocycles. The maximum Gasteiger partial charge on any atom is 0.165 e. The van der Waals surface area contributed by atoms with Gasteiger partial charge in [0.25, 0.3) is 0 Å².